The van der Waals surface area contributed by atoms with Gasteiger partial charge in [0.2, 0.25) is 5.95 Å². The minimum absolute atomic E-state index is 0.0908. The number of aromatic hydroxyl groups is 1. The number of hydrogen-bond donors (Lipinski definition) is 2. The number of nitrogens with zero attached hydrogens (tertiary/aromatic N) is 3. The fraction of sp³-hybridized carbons (Fsp3) is 0.115. The fourth-order valence-corrected chi connectivity index (χ4v) is 3.11. The molecule has 0 radical (unpaired) electrons. The van der Waals surface area contributed by atoms with Crippen molar-refractivity contribution < 1.29 is 9.84 Å². The van der Waals surface area contributed by atoms with Gasteiger partial charge in [0, 0.05) is 22.8 Å². The molecule has 1 heterocycles. The van der Waals surface area contributed by atoms with E-state index in [9.17, 15) is 5.11 Å². The van der Waals surface area contributed by atoms with Gasteiger partial charge in [-0.05, 0) is 24.6 Å². The van der Waals surface area contributed by atoms with Crippen molar-refractivity contribution in [3.8, 4) is 34.0 Å². The maximum absolute atomic E-state index is 10.2. The Bertz CT molecular complexity index is 1140. The van der Waals surface area contributed by atoms with Crippen LogP contribution in [0.3, 0.4) is 0 Å². The van der Waals surface area contributed by atoms with Crippen molar-refractivity contribution in [1.82, 2.24) is 9.97 Å². The lowest BCUT2D eigenvalue weighted by Gasteiger charge is -2.08. The first kappa shape index (κ1) is 21.1. The predicted octanol–water partition coefficient (Wildman–Crippen LogP) is 5.75. The van der Waals surface area contributed by atoms with Crippen LogP contribution in [0.4, 0.5) is 5.95 Å². The van der Waals surface area contributed by atoms with Crippen molar-refractivity contribution >= 4 is 12.2 Å². The molecule has 0 bridgehead atoms. The number of anilines is 1. The van der Waals surface area contributed by atoms with E-state index in [0.29, 0.717) is 23.9 Å². The third-order valence-electron chi connectivity index (χ3n) is 4.71. The minimum Gasteiger partial charge on any atom is -0.507 e. The number of phenols is 1. The number of hydrazone groups is 1. The molecule has 6 nitrogen and oxygen atoms in total. The van der Waals surface area contributed by atoms with E-state index in [2.05, 4.69) is 20.5 Å². The Morgan fingerprint density at radius 2 is 1.50 bits per heavy atom. The Balaban J connectivity index is 1.59. The first-order chi connectivity index (χ1) is 15.7. The highest BCUT2D eigenvalue weighted by Gasteiger charge is 2.08. The Labute approximate surface area is 187 Å². The lowest BCUT2D eigenvalue weighted by atomic mass is 10.1. The zero-order valence-corrected chi connectivity index (χ0v) is 17.8. The number of ether oxygens (including phenoxy) is 1. The second-order valence-corrected chi connectivity index (χ2v) is 7.13. The van der Waals surface area contributed by atoms with Gasteiger partial charge in [0.15, 0.2) is 0 Å². The van der Waals surface area contributed by atoms with Gasteiger partial charge >= 0.3 is 0 Å². The van der Waals surface area contributed by atoms with Gasteiger partial charge in [-0.15, -0.1) is 0 Å². The molecule has 3 aromatic carbocycles. The maximum atomic E-state index is 10.2. The van der Waals surface area contributed by atoms with Crippen molar-refractivity contribution in [2.45, 2.75) is 13.3 Å². The summed E-state index contributed by atoms with van der Waals surface area (Å²) in [6, 6.07) is 26.9. The third kappa shape index (κ3) is 5.29. The number of aromatic nitrogens is 2. The zero-order valence-electron chi connectivity index (χ0n) is 17.8. The van der Waals surface area contributed by atoms with Crippen LogP contribution in [-0.2, 0) is 0 Å². The summed E-state index contributed by atoms with van der Waals surface area (Å²) in [6.07, 6.45) is 2.43. The highest BCUT2D eigenvalue weighted by atomic mass is 16.5. The monoisotopic (exact) mass is 424 g/mol. The van der Waals surface area contributed by atoms with Gasteiger partial charge in [-0.2, -0.15) is 5.10 Å². The van der Waals surface area contributed by atoms with Crippen LogP contribution in [0.25, 0.3) is 22.5 Å². The van der Waals surface area contributed by atoms with E-state index in [1.54, 1.807) is 18.2 Å². The van der Waals surface area contributed by atoms with E-state index >= 15 is 0 Å². The van der Waals surface area contributed by atoms with Crippen molar-refractivity contribution in [3.05, 3.63) is 90.5 Å². The number of benzene rings is 3. The molecule has 0 aliphatic carbocycles. The quantitative estimate of drug-likeness (QED) is 0.278. The lowest BCUT2D eigenvalue weighted by Crippen LogP contribution is -2.00. The summed E-state index contributed by atoms with van der Waals surface area (Å²) >= 11 is 0. The summed E-state index contributed by atoms with van der Waals surface area (Å²) < 4.78 is 5.54. The van der Waals surface area contributed by atoms with E-state index in [-0.39, 0.29) is 5.75 Å². The van der Waals surface area contributed by atoms with Gasteiger partial charge in [-0.25, -0.2) is 15.4 Å². The molecule has 0 aliphatic rings. The van der Waals surface area contributed by atoms with Crippen LogP contribution in [-0.4, -0.2) is 27.9 Å². The Morgan fingerprint density at radius 3 is 2.06 bits per heavy atom. The van der Waals surface area contributed by atoms with E-state index in [1.165, 1.54) is 6.21 Å². The minimum atomic E-state index is 0.0908. The smallest absolute Gasteiger partial charge is 0.244 e. The van der Waals surface area contributed by atoms with Crippen molar-refractivity contribution in [3.63, 3.8) is 0 Å². The molecular formula is C26H24N4O2. The lowest BCUT2D eigenvalue weighted by molar-refractivity contribution is 0.315. The molecule has 0 spiro atoms. The highest BCUT2D eigenvalue weighted by Crippen LogP contribution is 2.25. The Morgan fingerprint density at radius 1 is 0.875 bits per heavy atom. The Kier molecular flexibility index (Phi) is 6.72. The van der Waals surface area contributed by atoms with Crippen LogP contribution in [0.15, 0.2) is 90.0 Å². The molecule has 32 heavy (non-hydrogen) atoms. The van der Waals surface area contributed by atoms with Crippen LogP contribution in [0, 0.1) is 0 Å². The van der Waals surface area contributed by atoms with Crippen molar-refractivity contribution in [1.29, 1.82) is 0 Å². The van der Waals surface area contributed by atoms with Gasteiger partial charge in [-0.1, -0.05) is 67.6 Å². The van der Waals surface area contributed by atoms with Crippen molar-refractivity contribution in [2.75, 3.05) is 12.0 Å². The molecule has 0 atom stereocenters. The molecule has 160 valence electrons. The maximum Gasteiger partial charge on any atom is 0.244 e. The standard InChI is InChI=1S/C26H24N4O2/c1-2-15-32-22-14-13-21(25(31)16-22)18-27-30-26-28-23(19-9-5-3-6-10-19)17-24(29-26)20-11-7-4-8-12-20/h3-14,16-18,31H,2,15H2,1H3,(H,28,29,30). The second kappa shape index (κ2) is 10.2. The highest BCUT2D eigenvalue weighted by molar-refractivity contribution is 5.84. The molecule has 0 saturated carbocycles. The summed E-state index contributed by atoms with van der Waals surface area (Å²) in [5.74, 6) is 1.08. The van der Waals surface area contributed by atoms with Crippen LogP contribution in [0.2, 0.25) is 0 Å². The molecule has 6 heteroatoms. The number of nitrogens with one attached hydrogen (secondary N) is 1. The van der Waals surface area contributed by atoms with Crippen LogP contribution < -0.4 is 10.2 Å². The van der Waals surface area contributed by atoms with E-state index in [4.69, 9.17) is 4.74 Å². The van der Waals surface area contributed by atoms with Crippen LogP contribution in [0.5, 0.6) is 11.5 Å². The molecule has 4 aromatic rings. The predicted molar refractivity (Wildman–Crippen MR) is 128 cm³/mol. The van der Waals surface area contributed by atoms with Crippen molar-refractivity contribution in [2.24, 2.45) is 5.10 Å². The number of hydrogen-bond acceptors (Lipinski definition) is 6. The third-order valence-corrected chi connectivity index (χ3v) is 4.71. The van der Waals surface area contributed by atoms with Gasteiger partial charge in [0.05, 0.1) is 24.2 Å². The summed E-state index contributed by atoms with van der Waals surface area (Å²) in [5, 5.41) is 14.5. The van der Waals surface area contributed by atoms with Gasteiger partial charge in [-0.3, -0.25) is 0 Å². The largest absolute Gasteiger partial charge is 0.507 e. The fourth-order valence-electron chi connectivity index (χ4n) is 3.11. The first-order valence-corrected chi connectivity index (χ1v) is 10.5. The zero-order chi connectivity index (χ0) is 22.2. The van der Waals surface area contributed by atoms with Crippen LogP contribution >= 0.6 is 0 Å². The summed E-state index contributed by atoms with van der Waals surface area (Å²) in [4.78, 5) is 9.22. The molecule has 0 unspecified atom stereocenters. The average molecular weight is 425 g/mol. The van der Waals surface area contributed by atoms with Gasteiger partial charge in [0.25, 0.3) is 0 Å². The summed E-state index contributed by atoms with van der Waals surface area (Å²) in [6.45, 7) is 2.64. The molecule has 0 amide bonds. The van der Waals surface area contributed by atoms with Crippen LogP contribution in [0.1, 0.15) is 18.9 Å². The SMILES string of the molecule is CCCOc1ccc(C=NNc2nc(-c3ccccc3)cc(-c3ccccc3)n2)c(O)c1. The number of rotatable bonds is 8. The summed E-state index contributed by atoms with van der Waals surface area (Å²) in [7, 11) is 0. The molecule has 0 aliphatic heterocycles. The normalized spacial score (nSPS) is 10.9. The molecule has 4 rings (SSSR count). The Hall–Kier alpha value is -4.19. The topological polar surface area (TPSA) is 79.6 Å². The average Bonchev–Trinajstić information content (AvgIpc) is 2.85. The molecule has 1 aromatic heterocycles. The van der Waals surface area contributed by atoms with Gasteiger partial charge < -0.3 is 9.84 Å². The molecule has 0 saturated heterocycles. The molecule has 0 fully saturated rings. The number of phenolic OH excluding ortho intramolecular Hbond substituents is 1. The second-order valence-electron chi connectivity index (χ2n) is 7.13. The molecular weight excluding hydrogens is 400 g/mol. The van der Waals surface area contributed by atoms with Gasteiger partial charge in [0.1, 0.15) is 11.5 Å². The molecule has 2 N–H and O–H groups in total. The van der Waals surface area contributed by atoms with E-state index < -0.39 is 0 Å². The van der Waals surface area contributed by atoms with E-state index in [0.717, 1.165) is 28.9 Å². The first-order valence-electron chi connectivity index (χ1n) is 10.5. The van der Waals surface area contributed by atoms with E-state index in [1.807, 2.05) is 73.7 Å². The summed E-state index contributed by atoms with van der Waals surface area (Å²) in [5.41, 5.74) is 7.00.